The van der Waals surface area contributed by atoms with Gasteiger partial charge in [-0.15, -0.1) is 0 Å². The van der Waals surface area contributed by atoms with Crippen molar-refractivity contribution in [3.05, 3.63) is 89.1 Å². The third-order valence-electron chi connectivity index (χ3n) is 9.63. The molecule has 3 amide bonds. The molecular formula is C37H39N5O6. The van der Waals surface area contributed by atoms with Crippen LogP contribution in [0.2, 0.25) is 0 Å². The molecule has 1 aromatic heterocycles. The molecule has 48 heavy (non-hydrogen) atoms. The van der Waals surface area contributed by atoms with Gasteiger partial charge in [-0.1, -0.05) is 36.4 Å². The van der Waals surface area contributed by atoms with E-state index in [1.54, 1.807) is 14.7 Å². The predicted octanol–water partition coefficient (Wildman–Crippen LogP) is 4.84. The van der Waals surface area contributed by atoms with Crippen molar-refractivity contribution < 1.29 is 28.6 Å². The standard InChI is InChI=1S/C37H39N5O6/c1-37(2,3)48-36(45)40-15-13-39(14-16-40)20-23-7-6-8-25(17-23)41-21-32(43)42-29(35(41)44)19-27-26-9-4-5-10-28(26)38-33(27)34(42)24-11-12-30-31(18-24)47-22-46-30/h4-12,17-18,29,34,38H,13-16,19-22H2,1-3H3/t29-,34-/m1/s1. The van der Waals surface area contributed by atoms with Crippen LogP contribution in [0.25, 0.3) is 10.9 Å². The lowest BCUT2D eigenvalue weighted by molar-refractivity contribution is -0.145. The molecule has 0 bridgehead atoms. The molecule has 5 heterocycles. The second-order valence-electron chi connectivity index (χ2n) is 13.9. The van der Waals surface area contributed by atoms with Gasteiger partial charge in [0.25, 0.3) is 5.91 Å². The first-order valence-corrected chi connectivity index (χ1v) is 16.5. The third-order valence-corrected chi connectivity index (χ3v) is 9.63. The average molecular weight is 650 g/mol. The van der Waals surface area contributed by atoms with Gasteiger partial charge in [0.05, 0.1) is 6.04 Å². The molecule has 4 aromatic rings. The Bertz CT molecular complexity index is 1920. The number of aromatic amines is 1. The second-order valence-corrected chi connectivity index (χ2v) is 13.9. The van der Waals surface area contributed by atoms with Crippen LogP contribution in [0.4, 0.5) is 10.5 Å². The molecule has 8 rings (SSSR count). The third kappa shape index (κ3) is 5.41. The Morgan fingerprint density at radius 2 is 1.73 bits per heavy atom. The number of ether oxygens (including phenoxy) is 3. The van der Waals surface area contributed by atoms with Crippen LogP contribution in [0.5, 0.6) is 11.5 Å². The van der Waals surface area contributed by atoms with Crippen LogP contribution in [0, 0.1) is 0 Å². The maximum absolute atomic E-state index is 14.5. The van der Waals surface area contributed by atoms with Gasteiger partial charge in [0.1, 0.15) is 18.2 Å². The van der Waals surface area contributed by atoms with Crippen molar-refractivity contribution in [3.8, 4) is 11.5 Å². The van der Waals surface area contributed by atoms with Gasteiger partial charge in [-0.2, -0.15) is 0 Å². The van der Waals surface area contributed by atoms with Crippen LogP contribution in [-0.2, 0) is 27.3 Å². The quantitative estimate of drug-likeness (QED) is 0.337. The minimum Gasteiger partial charge on any atom is -0.454 e. The van der Waals surface area contributed by atoms with Gasteiger partial charge >= 0.3 is 6.09 Å². The van der Waals surface area contributed by atoms with Crippen molar-refractivity contribution >= 4 is 34.5 Å². The zero-order valence-electron chi connectivity index (χ0n) is 27.4. The molecule has 4 aliphatic heterocycles. The zero-order valence-corrected chi connectivity index (χ0v) is 27.4. The Labute approximate surface area is 278 Å². The van der Waals surface area contributed by atoms with Crippen molar-refractivity contribution in [2.75, 3.05) is 44.4 Å². The number of amides is 3. The lowest BCUT2D eigenvalue weighted by Gasteiger charge is -2.47. The van der Waals surface area contributed by atoms with Gasteiger partial charge in [0.2, 0.25) is 12.7 Å². The summed E-state index contributed by atoms with van der Waals surface area (Å²) in [6.07, 6.45) is 0.137. The smallest absolute Gasteiger partial charge is 0.410 e. The van der Waals surface area contributed by atoms with E-state index >= 15 is 0 Å². The highest BCUT2D eigenvalue weighted by atomic mass is 16.7. The van der Waals surface area contributed by atoms with Crippen LogP contribution in [0.1, 0.15) is 49.2 Å². The summed E-state index contributed by atoms with van der Waals surface area (Å²) in [6.45, 7) is 9.01. The second kappa shape index (κ2) is 11.6. The number of nitrogens with one attached hydrogen (secondary N) is 1. The Morgan fingerprint density at radius 1 is 0.938 bits per heavy atom. The number of carbonyl (C=O) groups is 3. The van der Waals surface area contributed by atoms with E-state index in [2.05, 4.69) is 16.0 Å². The van der Waals surface area contributed by atoms with Crippen LogP contribution >= 0.6 is 0 Å². The molecule has 4 aliphatic rings. The topological polar surface area (TPSA) is 108 Å². The number of H-pyrrole nitrogens is 1. The summed E-state index contributed by atoms with van der Waals surface area (Å²) in [7, 11) is 0. The van der Waals surface area contributed by atoms with Gasteiger partial charge in [-0.25, -0.2) is 4.79 Å². The van der Waals surface area contributed by atoms with Crippen LogP contribution in [0.15, 0.2) is 66.7 Å². The van der Waals surface area contributed by atoms with Crippen molar-refractivity contribution in [2.45, 2.75) is 51.4 Å². The number of hydrogen-bond donors (Lipinski definition) is 1. The molecule has 1 N–H and O–H groups in total. The molecule has 248 valence electrons. The summed E-state index contributed by atoms with van der Waals surface area (Å²) in [6, 6.07) is 20.6. The average Bonchev–Trinajstić information content (AvgIpc) is 3.69. The van der Waals surface area contributed by atoms with Gasteiger partial charge < -0.3 is 33.9 Å². The van der Waals surface area contributed by atoms with Gasteiger partial charge in [0, 0.05) is 61.4 Å². The molecule has 2 saturated heterocycles. The fraction of sp³-hybridized carbons (Fsp3) is 0.378. The van der Waals surface area contributed by atoms with Gasteiger partial charge in [-0.3, -0.25) is 14.5 Å². The minimum absolute atomic E-state index is 0.0516. The lowest BCUT2D eigenvalue weighted by Crippen LogP contribution is -2.63. The molecule has 0 aliphatic carbocycles. The number of fused-ring (bicyclic) bond motifs is 5. The zero-order chi connectivity index (χ0) is 33.2. The van der Waals surface area contributed by atoms with Crippen LogP contribution in [0.3, 0.4) is 0 Å². The largest absolute Gasteiger partial charge is 0.454 e. The van der Waals surface area contributed by atoms with E-state index in [0.29, 0.717) is 43.2 Å². The molecule has 11 nitrogen and oxygen atoms in total. The number of para-hydroxylation sites is 1. The van der Waals surface area contributed by atoms with Crippen LogP contribution in [-0.4, -0.2) is 88.8 Å². The van der Waals surface area contributed by atoms with E-state index in [1.807, 2.05) is 81.4 Å². The van der Waals surface area contributed by atoms with Gasteiger partial charge in [0.15, 0.2) is 11.5 Å². The first-order chi connectivity index (χ1) is 23.1. The van der Waals surface area contributed by atoms with Crippen molar-refractivity contribution in [2.24, 2.45) is 0 Å². The van der Waals surface area contributed by atoms with Gasteiger partial charge in [-0.05, 0) is 67.8 Å². The Balaban J connectivity index is 1.05. The fourth-order valence-corrected chi connectivity index (χ4v) is 7.41. The summed E-state index contributed by atoms with van der Waals surface area (Å²) in [4.78, 5) is 52.2. The Kier molecular flexibility index (Phi) is 7.32. The van der Waals surface area contributed by atoms with E-state index < -0.39 is 17.7 Å². The number of carbonyl (C=O) groups excluding carboxylic acids is 3. The summed E-state index contributed by atoms with van der Waals surface area (Å²) in [5, 5.41) is 1.06. The van der Waals surface area contributed by atoms with E-state index in [9.17, 15) is 14.4 Å². The molecule has 2 atom stereocenters. The number of aromatic nitrogens is 1. The predicted molar refractivity (Wildman–Crippen MR) is 179 cm³/mol. The molecular weight excluding hydrogens is 610 g/mol. The van der Waals surface area contributed by atoms with E-state index in [0.717, 1.165) is 46.4 Å². The highest BCUT2D eigenvalue weighted by molar-refractivity contribution is 6.07. The summed E-state index contributed by atoms with van der Waals surface area (Å²) in [5.41, 5.74) is 5.04. The molecule has 0 unspecified atom stereocenters. The Hall–Kier alpha value is -5.03. The normalized spacial score (nSPS) is 21.0. The van der Waals surface area contributed by atoms with E-state index in [-0.39, 0.29) is 31.2 Å². The number of hydrogen-bond acceptors (Lipinski definition) is 7. The molecule has 11 heteroatoms. The lowest BCUT2D eigenvalue weighted by atomic mass is 9.86. The first kappa shape index (κ1) is 30.3. The maximum atomic E-state index is 14.5. The number of benzene rings is 3. The number of rotatable bonds is 4. The number of piperazine rings is 2. The van der Waals surface area contributed by atoms with Crippen molar-refractivity contribution in [1.82, 2.24) is 19.7 Å². The van der Waals surface area contributed by atoms with E-state index in [4.69, 9.17) is 14.2 Å². The number of anilines is 1. The summed E-state index contributed by atoms with van der Waals surface area (Å²) < 4.78 is 16.8. The number of nitrogens with zero attached hydrogens (tertiary/aromatic N) is 4. The highest BCUT2D eigenvalue weighted by Crippen LogP contribution is 2.45. The SMILES string of the molecule is CC(C)(C)OC(=O)N1CCN(Cc2cccc(N3CC(=O)N4[C@H](c5ccc6c(c5)OCO6)c5[nH]c6ccccc6c5C[C@@H]4C3=O)c2)CC1. The van der Waals surface area contributed by atoms with E-state index in [1.165, 1.54) is 0 Å². The molecule has 2 fully saturated rings. The van der Waals surface area contributed by atoms with Crippen molar-refractivity contribution in [1.29, 1.82) is 0 Å². The van der Waals surface area contributed by atoms with Crippen LogP contribution < -0.4 is 14.4 Å². The maximum Gasteiger partial charge on any atom is 0.410 e. The molecule has 0 spiro atoms. The first-order valence-electron chi connectivity index (χ1n) is 16.5. The summed E-state index contributed by atoms with van der Waals surface area (Å²) in [5.74, 6) is 1.09. The monoisotopic (exact) mass is 649 g/mol. The Morgan fingerprint density at radius 3 is 2.54 bits per heavy atom. The highest BCUT2D eigenvalue weighted by Gasteiger charge is 2.49. The molecule has 0 saturated carbocycles. The summed E-state index contributed by atoms with van der Waals surface area (Å²) >= 11 is 0. The molecule has 0 radical (unpaired) electrons. The van der Waals surface area contributed by atoms with Crippen molar-refractivity contribution in [3.63, 3.8) is 0 Å². The fourth-order valence-electron chi connectivity index (χ4n) is 7.41. The molecule has 3 aromatic carbocycles. The minimum atomic E-state index is -0.669.